The lowest BCUT2D eigenvalue weighted by atomic mass is 10.1. The average molecular weight is 219 g/mol. The van der Waals surface area contributed by atoms with Crippen LogP contribution in [0.5, 0.6) is 0 Å². The zero-order valence-corrected chi connectivity index (χ0v) is 9.57. The van der Waals surface area contributed by atoms with Crippen molar-refractivity contribution in [1.82, 2.24) is 0 Å². The van der Waals surface area contributed by atoms with E-state index in [0.29, 0.717) is 0 Å². The number of para-hydroxylation sites is 1. The highest BCUT2D eigenvalue weighted by atomic mass is 15.1. The van der Waals surface area contributed by atoms with Crippen LogP contribution in [0, 0.1) is 6.92 Å². The molecule has 0 amide bonds. The Morgan fingerprint density at radius 2 is 1.94 bits per heavy atom. The topological polar surface area (TPSA) is 103 Å². The van der Waals surface area contributed by atoms with Crippen LogP contribution < -0.4 is 17.2 Å². The van der Waals surface area contributed by atoms with E-state index in [4.69, 9.17) is 17.2 Å². The molecule has 1 rings (SSSR count). The number of nitrogens with zero attached hydrogens (tertiary/aromatic N) is 2. The Hall–Kier alpha value is -2.04. The van der Waals surface area contributed by atoms with Gasteiger partial charge in [-0.2, -0.15) is 4.99 Å². The van der Waals surface area contributed by atoms with E-state index >= 15 is 0 Å². The van der Waals surface area contributed by atoms with E-state index in [0.717, 1.165) is 23.2 Å². The minimum absolute atomic E-state index is 0.0731. The van der Waals surface area contributed by atoms with Gasteiger partial charge in [0.25, 0.3) is 0 Å². The summed E-state index contributed by atoms with van der Waals surface area (Å²) in [7, 11) is 0. The SMILES string of the molecule is CCc1cccc(C)c1N=C(N)N=C(N)N. The molecule has 0 aromatic heterocycles. The van der Waals surface area contributed by atoms with Gasteiger partial charge in [0, 0.05) is 0 Å². The minimum Gasteiger partial charge on any atom is -0.370 e. The van der Waals surface area contributed by atoms with Crippen molar-refractivity contribution in [3.8, 4) is 0 Å². The van der Waals surface area contributed by atoms with Gasteiger partial charge < -0.3 is 17.2 Å². The fraction of sp³-hybridized carbons (Fsp3) is 0.273. The maximum Gasteiger partial charge on any atom is 0.223 e. The fourth-order valence-electron chi connectivity index (χ4n) is 1.44. The molecule has 0 aliphatic rings. The molecule has 0 spiro atoms. The molecule has 0 bridgehead atoms. The van der Waals surface area contributed by atoms with E-state index in [1.54, 1.807) is 0 Å². The highest BCUT2D eigenvalue weighted by Crippen LogP contribution is 2.24. The molecule has 0 aliphatic heterocycles. The third-order valence-electron chi connectivity index (χ3n) is 2.17. The summed E-state index contributed by atoms with van der Waals surface area (Å²) >= 11 is 0. The molecular formula is C11H17N5. The van der Waals surface area contributed by atoms with Gasteiger partial charge in [-0.15, -0.1) is 0 Å². The van der Waals surface area contributed by atoms with Gasteiger partial charge in [-0.3, -0.25) is 0 Å². The number of aliphatic imine (C=N–C) groups is 2. The molecular weight excluding hydrogens is 202 g/mol. The molecule has 16 heavy (non-hydrogen) atoms. The normalized spacial score (nSPS) is 11.2. The summed E-state index contributed by atoms with van der Waals surface area (Å²) < 4.78 is 0. The lowest BCUT2D eigenvalue weighted by Crippen LogP contribution is -2.26. The van der Waals surface area contributed by atoms with E-state index in [9.17, 15) is 0 Å². The summed E-state index contributed by atoms with van der Waals surface area (Å²) in [5.74, 6) is -0.0168. The highest BCUT2D eigenvalue weighted by molar-refractivity contribution is 5.93. The van der Waals surface area contributed by atoms with Gasteiger partial charge in [0.1, 0.15) is 0 Å². The van der Waals surface area contributed by atoms with Crippen LogP contribution >= 0.6 is 0 Å². The predicted molar refractivity (Wildman–Crippen MR) is 67.6 cm³/mol. The van der Waals surface area contributed by atoms with Crippen LogP contribution in [0.3, 0.4) is 0 Å². The highest BCUT2D eigenvalue weighted by Gasteiger charge is 2.03. The zero-order chi connectivity index (χ0) is 12.1. The first-order chi connectivity index (χ1) is 7.54. The second kappa shape index (κ2) is 5.16. The van der Waals surface area contributed by atoms with Crippen molar-refractivity contribution in [2.24, 2.45) is 27.2 Å². The van der Waals surface area contributed by atoms with E-state index in [-0.39, 0.29) is 11.9 Å². The van der Waals surface area contributed by atoms with E-state index in [2.05, 4.69) is 16.9 Å². The summed E-state index contributed by atoms with van der Waals surface area (Å²) in [6, 6.07) is 5.97. The number of hydrogen-bond acceptors (Lipinski definition) is 1. The number of benzene rings is 1. The van der Waals surface area contributed by atoms with Gasteiger partial charge in [0.15, 0.2) is 5.96 Å². The van der Waals surface area contributed by atoms with E-state index in [1.807, 2.05) is 25.1 Å². The number of aryl methyl sites for hydroxylation is 2. The summed E-state index contributed by atoms with van der Waals surface area (Å²) in [5, 5.41) is 0. The van der Waals surface area contributed by atoms with Gasteiger partial charge in [-0.05, 0) is 24.5 Å². The van der Waals surface area contributed by atoms with Crippen LogP contribution in [0.15, 0.2) is 28.2 Å². The van der Waals surface area contributed by atoms with Gasteiger partial charge in [0.2, 0.25) is 5.96 Å². The third kappa shape index (κ3) is 2.98. The molecule has 0 unspecified atom stereocenters. The third-order valence-corrected chi connectivity index (χ3v) is 2.17. The number of rotatable bonds is 2. The Balaban J connectivity index is 3.18. The summed E-state index contributed by atoms with van der Waals surface area (Å²) in [4.78, 5) is 7.91. The van der Waals surface area contributed by atoms with Gasteiger partial charge in [0.05, 0.1) is 5.69 Å². The quantitative estimate of drug-likeness (QED) is 0.505. The van der Waals surface area contributed by atoms with Crippen LogP contribution in [-0.4, -0.2) is 11.9 Å². The van der Waals surface area contributed by atoms with Crippen molar-refractivity contribution in [1.29, 1.82) is 0 Å². The molecule has 5 nitrogen and oxygen atoms in total. The monoisotopic (exact) mass is 219 g/mol. The van der Waals surface area contributed by atoms with Crippen LogP contribution in [0.1, 0.15) is 18.1 Å². The molecule has 1 aromatic carbocycles. The smallest absolute Gasteiger partial charge is 0.223 e. The number of nitrogens with two attached hydrogens (primary N) is 3. The molecule has 86 valence electrons. The molecule has 0 fully saturated rings. The first kappa shape index (κ1) is 12.0. The Labute approximate surface area is 95.1 Å². The molecule has 0 saturated carbocycles. The van der Waals surface area contributed by atoms with Gasteiger partial charge >= 0.3 is 0 Å². The summed E-state index contributed by atoms with van der Waals surface area (Å²) in [6.45, 7) is 4.03. The predicted octanol–water partition coefficient (Wildman–Crippen LogP) is 0.777. The molecule has 0 radical (unpaired) electrons. The first-order valence-corrected chi connectivity index (χ1v) is 5.07. The van der Waals surface area contributed by atoms with Crippen molar-refractivity contribution in [2.45, 2.75) is 20.3 Å². The molecule has 5 heteroatoms. The lowest BCUT2D eigenvalue weighted by Gasteiger charge is -2.06. The zero-order valence-electron chi connectivity index (χ0n) is 9.57. The van der Waals surface area contributed by atoms with Crippen molar-refractivity contribution in [3.63, 3.8) is 0 Å². The van der Waals surface area contributed by atoms with E-state index in [1.165, 1.54) is 0 Å². The van der Waals surface area contributed by atoms with Crippen molar-refractivity contribution in [2.75, 3.05) is 0 Å². The van der Waals surface area contributed by atoms with Crippen LogP contribution in [0.4, 0.5) is 5.69 Å². The van der Waals surface area contributed by atoms with E-state index < -0.39 is 0 Å². The fourth-order valence-corrected chi connectivity index (χ4v) is 1.44. The molecule has 6 N–H and O–H groups in total. The second-order valence-electron chi connectivity index (χ2n) is 3.44. The Bertz CT molecular complexity index is 430. The summed E-state index contributed by atoms with van der Waals surface area (Å²) in [5.41, 5.74) is 19.1. The number of guanidine groups is 2. The van der Waals surface area contributed by atoms with Crippen LogP contribution in [0.2, 0.25) is 0 Å². The Morgan fingerprint density at radius 1 is 1.25 bits per heavy atom. The molecule has 1 aromatic rings. The average Bonchev–Trinajstić information content (AvgIpc) is 2.20. The van der Waals surface area contributed by atoms with Gasteiger partial charge in [-0.25, -0.2) is 4.99 Å². The largest absolute Gasteiger partial charge is 0.370 e. The summed E-state index contributed by atoms with van der Waals surface area (Å²) in [6.07, 6.45) is 0.885. The van der Waals surface area contributed by atoms with Gasteiger partial charge in [-0.1, -0.05) is 25.1 Å². The van der Waals surface area contributed by atoms with Crippen molar-refractivity contribution in [3.05, 3.63) is 29.3 Å². The first-order valence-electron chi connectivity index (χ1n) is 5.07. The van der Waals surface area contributed by atoms with Crippen LogP contribution in [0.25, 0.3) is 0 Å². The lowest BCUT2D eigenvalue weighted by molar-refractivity contribution is 1.12. The molecule has 0 saturated heterocycles. The number of hydrogen-bond donors (Lipinski definition) is 3. The molecule has 0 atom stereocenters. The molecule has 0 aliphatic carbocycles. The minimum atomic E-state index is -0.0899. The van der Waals surface area contributed by atoms with Crippen molar-refractivity contribution < 1.29 is 0 Å². The Kier molecular flexibility index (Phi) is 3.88. The van der Waals surface area contributed by atoms with Crippen LogP contribution in [-0.2, 0) is 6.42 Å². The maximum atomic E-state index is 5.60. The Morgan fingerprint density at radius 3 is 2.50 bits per heavy atom. The maximum absolute atomic E-state index is 5.60. The molecule has 0 heterocycles. The van der Waals surface area contributed by atoms with Crippen molar-refractivity contribution >= 4 is 17.6 Å². The standard InChI is InChI=1S/C11H17N5/c1-3-8-6-4-5-7(2)9(8)15-11(14)16-10(12)13/h4-6H,3H2,1-2H3,(H6,12,13,14,15,16). The second-order valence-corrected chi connectivity index (χ2v) is 3.44.